The molecule has 0 aliphatic carbocycles. The molecule has 1 nitrogen and oxygen atoms in total. The van der Waals surface area contributed by atoms with E-state index in [1.54, 1.807) is 0 Å². The summed E-state index contributed by atoms with van der Waals surface area (Å²) in [6, 6.07) is 0. The summed E-state index contributed by atoms with van der Waals surface area (Å²) in [7, 11) is 0. The SMILES string of the molecule is CI(C)N1CCCCC1. The molecule has 0 aromatic carbocycles. The van der Waals surface area contributed by atoms with Crippen molar-refractivity contribution in [1.29, 1.82) is 0 Å². The van der Waals surface area contributed by atoms with E-state index in [1.165, 1.54) is 32.4 Å². The van der Waals surface area contributed by atoms with E-state index in [2.05, 4.69) is 13.0 Å². The Labute approximate surface area is 65.5 Å². The summed E-state index contributed by atoms with van der Waals surface area (Å²) in [4.78, 5) is 4.88. The second-order valence-electron chi connectivity index (χ2n) is 2.69. The summed E-state index contributed by atoms with van der Waals surface area (Å²) in [6.07, 6.45) is 4.38. The Balaban J connectivity index is 2.23. The third-order valence-corrected chi connectivity index (χ3v) is 5.47. The average Bonchev–Trinajstić information content (AvgIpc) is 1.90. The molecule has 0 unspecified atom stereocenters. The fourth-order valence-electron chi connectivity index (χ4n) is 1.19. The third kappa shape index (κ3) is 2.42. The number of alkyl halides is 2. The van der Waals surface area contributed by atoms with Gasteiger partial charge in [-0.05, 0) is 0 Å². The van der Waals surface area contributed by atoms with Crippen LogP contribution in [-0.2, 0) is 0 Å². The Hall–Kier alpha value is 0.690. The van der Waals surface area contributed by atoms with Gasteiger partial charge >= 0.3 is 65.4 Å². The van der Waals surface area contributed by atoms with Gasteiger partial charge in [-0.3, -0.25) is 0 Å². The maximum absolute atomic E-state index is 2.72. The number of nitrogens with zero attached hydrogens (tertiary/aromatic N) is 1. The number of rotatable bonds is 1. The minimum atomic E-state index is -0.571. The van der Waals surface area contributed by atoms with E-state index in [0.717, 1.165) is 0 Å². The van der Waals surface area contributed by atoms with Crippen LogP contribution < -0.4 is 0 Å². The molecular formula is C7H16IN. The van der Waals surface area contributed by atoms with Gasteiger partial charge in [0.2, 0.25) is 0 Å². The van der Waals surface area contributed by atoms with Gasteiger partial charge in [0, 0.05) is 0 Å². The van der Waals surface area contributed by atoms with Crippen molar-refractivity contribution < 1.29 is 0 Å². The molecule has 1 saturated heterocycles. The fourth-order valence-corrected chi connectivity index (χ4v) is 3.81. The molecule has 0 aromatic rings. The van der Waals surface area contributed by atoms with E-state index >= 15 is 0 Å². The van der Waals surface area contributed by atoms with Gasteiger partial charge in [-0.15, -0.1) is 0 Å². The van der Waals surface area contributed by atoms with E-state index < -0.39 is 20.1 Å². The monoisotopic (exact) mass is 241 g/mol. The molecule has 9 heavy (non-hydrogen) atoms. The van der Waals surface area contributed by atoms with Crippen molar-refractivity contribution in [3.05, 3.63) is 0 Å². The van der Waals surface area contributed by atoms with Crippen molar-refractivity contribution in [2.24, 2.45) is 0 Å². The Kier molecular flexibility index (Phi) is 3.26. The molecular weight excluding hydrogens is 225 g/mol. The zero-order valence-electron chi connectivity index (χ0n) is 6.36. The second kappa shape index (κ2) is 3.76. The normalized spacial score (nSPS) is 24.0. The third-order valence-electron chi connectivity index (χ3n) is 1.78. The average molecular weight is 241 g/mol. The predicted molar refractivity (Wildman–Crippen MR) is 51.3 cm³/mol. The van der Waals surface area contributed by atoms with Crippen molar-refractivity contribution in [1.82, 2.24) is 3.11 Å². The van der Waals surface area contributed by atoms with E-state index in [1.807, 2.05) is 0 Å². The van der Waals surface area contributed by atoms with Gasteiger partial charge in [-0.25, -0.2) is 0 Å². The summed E-state index contributed by atoms with van der Waals surface area (Å²) >= 11 is -0.571. The molecule has 0 aromatic heterocycles. The standard InChI is InChI=1S/C7H16IN/c1-8(2)9-6-4-3-5-7-9/h3-7H2,1-2H3. The Morgan fingerprint density at radius 3 is 1.89 bits per heavy atom. The predicted octanol–water partition coefficient (Wildman–Crippen LogP) is 2.15. The molecule has 0 N–H and O–H groups in total. The van der Waals surface area contributed by atoms with E-state index in [9.17, 15) is 0 Å². The summed E-state index contributed by atoms with van der Waals surface area (Å²) in [5, 5.41) is 0. The van der Waals surface area contributed by atoms with Gasteiger partial charge < -0.3 is 0 Å². The molecule has 1 heterocycles. The molecule has 1 aliphatic heterocycles. The zero-order valence-corrected chi connectivity index (χ0v) is 8.52. The van der Waals surface area contributed by atoms with Gasteiger partial charge in [-0.1, -0.05) is 0 Å². The molecule has 0 atom stereocenters. The number of hydrogen-bond acceptors (Lipinski definition) is 1. The Bertz CT molecular complexity index is 77.0. The van der Waals surface area contributed by atoms with E-state index in [0.29, 0.717) is 0 Å². The van der Waals surface area contributed by atoms with Crippen LogP contribution in [0.1, 0.15) is 19.3 Å². The van der Waals surface area contributed by atoms with Gasteiger partial charge in [0.1, 0.15) is 0 Å². The first-order chi connectivity index (χ1) is 4.30. The zero-order chi connectivity index (χ0) is 6.69. The van der Waals surface area contributed by atoms with E-state index in [-0.39, 0.29) is 0 Å². The van der Waals surface area contributed by atoms with Crippen molar-refractivity contribution >= 4 is 20.1 Å². The van der Waals surface area contributed by atoms with E-state index in [4.69, 9.17) is 0 Å². The van der Waals surface area contributed by atoms with Gasteiger partial charge in [0.15, 0.2) is 0 Å². The van der Waals surface area contributed by atoms with Crippen LogP contribution in [0.3, 0.4) is 0 Å². The van der Waals surface area contributed by atoms with Crippen LogP contribution in [0.4, 0.5) is 0 Å². The van der Waals surface area contributed by atoms with Crippen LogP contribution in [0.15, 0.2) is 0 Å². The first-order valence-electron chi connectivity index (χ1n) is 3.56. The molecule has 2 heteroatoms. The first kappa shape index (κ1) is 7.79. The topological polar surface area (TPSA) is 3.24 Å². The van der Waals surface area contributed by atoms with Gasteiger partial charge in [0.05, 0.1) is 0 Å². The number of piperidine rings is 1. The fraction of sp³-hybridized carbons (Fsp3) is 1.00. The first-order valence-corrected chi connectivity index (χ1v) is 8.84. The molecule has 0 amide bonds. The Morgan fingerprint density at radius 2 is 1.56 bits per heavy atom. The van der Waals surface area contributed by atoms with Crippen molar-refractivity contribution in [2.75, 3.05) is 23.0 Å². The molecule has 0 saturated carbocycles. The molecule has 0 bridgehead atoms. The summed E-state index contributed by atoms with van der Waals surface area (Å²) in [6.45, 7) is 2.80. The van der Waals surface area contributed by atoms with Crippen LogP contribution in [-0.4, -0.2) is 26.1 Å². The van der Waals surface area contributed by atoms with Crippen LogP contribution >= 0.6 is 20.1 Å². The van der Waals surface area contributed by atoms with Gasteiger partial charge in [-0.2, -0.15) is 0 Å². The second-order valence-corrected chi connectivity index (χ2v) is 8.14. The van der Waals surface area contributed by atoms with Crippen molar-refractivity contribution in [2.45, 2.75) is 19.3 Å². The summed E-state index contributed by atoms with van der Waals surface area (Å²) in [5.41, 5.74) is 0. The molecule has 1 rings (SSSR count). The molecule has 1 fully saturated rings. The van der Waals surface area contributed by atoms with Crippen LogP contribution in [0.2, 0.25) is 0 Å². The minimum absolute atomic E-state index is 0.571. The quantitative estimate of drug-likeness (QED) is 0.386. The van der Waals surface area contributed by atoms with Crippen LogP contribution in [0, 0.1) is 0 Å². The molecule has 0 radical (unpaired) electrons. The molecule has 0 spiro atoms. The van der Waals surface area contributed by atoms with Crippen LogP contribution in [0.5, 0.6) is 0 Å². The van der Waals surface area contributed by atoms with Crippen molar-refractivity contribution in [3.8, 4) is 0 Å². The maximum atomic E-state index is 2.72. The van der Waals surface area contributed by atoms with Crippen molar-refractivity contribution in [3.63, 3.8) is 0 Å². The molecule has 56 valence electrons. The van der Waals surface area contributed by atoms with Gasteiger partial charge in [0.25, 0.3) is 0 Å². The summed E-state index contributed by atoms with van der Waals surface area (Å²) < 4.78 is 2.72. The van der Waals surface area contributed by atoms with Crippen LogP contribution in [0.25, 0.3) is 0 Å². The Morgan fingerprint density at radius 1 is 1.00 bits per heavy atom. The molecule has 1 aliphatic rings. The summed E-state index contributed by atoms with van der Waals surface area (Å²) in [5.74, 6) is 0. The number of halogens is 1. The number of hydrogen-bond donors (Lipinski definition) is 0.